The van der Waals surface area contributed by atoms with Crippen LogP contribution in [0.5, 0.6) is 0 Å². The number of hydrogen-bond donors (Lipinski definition) is 1. The fourth-order valence-electron chi connectivity index (χ4n) is 2.15. The first-order chi connectivity index (χ1) is 10.7. The largest absolute Gasteiger partial charge is 0.347 e. The van der Waals surface area contributed by atoms with Crippen LogP contribution in [-0.4, -0.2) is 25.7 Å². The van der Waals surface area contributed by atoms with Gasteiger partial charge < -0.3 is 5.32 Å². The number of nitrogens with one attached hydrogen (secondary N) is 1. The van der Waals surface area contributed by atoms with E-state index in [0.717, 1.165) is 16.8 Å². The Morgan fingerprint density at radius 1 is 1.18 bits per heavy atom. The summed E-state index contributed by atoms with van der Waals surface area (Å²) in [5.74, 6) is -0.207. The van der Waals surface area contributed by atoms with Crippen LogP contribution >= 0.6 is 0 Å². The fraction of sp³-hybridized carbons (Fsp3) is 0.125. The summed E-state index contributed by atoms with van der Waals surface area (Å²) in [6, 6.07) is 9.03. The summed E-state index contributed by atoms with van der Waals surface area (Å²) in [5.41, 5.74) is 3.07. The molecule has 1 N–H and O–H groups in total. The molecule has 0 saturated heterocycles. The predicted molar refractivity (Wildman–Crippen MR) is 81.8 cm³/mol. The van der Waals surface area contributed by atoms with E-state index in [1.165, 1.54) is 0 Å². The topological polar surface area (TPSA) is 72.7 Å². The van der Waals surface area contributed by atoms with Gasteiger partial charge in [0.2, 0.25) is 0 Å². The van der Waals surface area contributed by atoms with Crippen molar-refractivity contribution in [3.05, 3.63) is 66.4 Å². The molecule has 0 aliphatic rings. The minimum atomic E-state index is -0.207. The van der Waals surface area contributed by atoms with Crippen molar-refractivity contribution in [1.82, 2.24) is 25.1 Å². The van der Waals surface area contributed by atoms with E-state index in [1.54, 1.807) is 41.5 Å². The number of nitrogens with zero attached hydrogens (tertiary/aromatic N) is 4. The Hall–Kier alpha value is -3.02. The van der Waals surface area contributed by atoms with E-state index in [0.29, 0.717) is 12.2 Å². The number of aryl methyl sites for hydroxylation is 1. The Labute approximate surface area is 127 Å². The fourth-order valence-corrected chi connectivity index (χ4v) is 2.15. The van der Waals surface area contributed by atoms with Gasteiger partial charge in [-0.05, 0) is 23.8 Å². The van der Waals surface area contributed by atoms with E-state index in [1.807, 2.05) is 25.4 Å². The van der Waals surface area contributed by atoms with Crippen molar-refractivity contribution in [1.29, 1.82) is 0 Å². The highest BCUT2D eigenvalue weighted by Crippen LogP contribution is 2.20. The zero-order chi connectivity index (χ0) is 15.4. The molecule has 0 fully saturated rings. The van der Waals surface area contributed by atoms with Crippen molar-refractivity contribution in [3.8, 4) is 11.3 Å². The molecule has 0 aliphatic heterocycles. The molecule has 0 atom stereocenters. The second-order valence-corrected chi connectivity index (χ2v) is 4.81. The number of rotatable bonds is 4. The molecule has 0 aliphatic carbocycles. The number of aromatic nitrogens is 4. The molecule has 22 heavy (non-hydrogen) atoms. The average molecular weight is 293 g/mol. The van der Waals surface area contributed by atoms with Gasteiger partial charge in [-0.15, -0.1) is 0 Å². The Kier molecular flexibility index (Phi) is 3.91. The Balaban J connectivity index is 1.77. The lowest BCUT2D eigenvalue weighted by Crippen LogP contribution is -2.24. The lowest BCUT2D eigenvalue weighted by Gasteiger charge is -2.08. The standard InChI is InChI=1S/C16H15N5O/c1-21-11-13(10-20-21)15-12(5-4-8-18-15)9-19-16(22)14-6-2-3-7-17-14/h2-8,10-11H,9H2,1H3,(H,19,22). The Morgan fingerprint density at radius 2 is 2.05 bits per heavy atom. The zero-order valence-electron chi connectivity index (χ0n) is 12.1. The average Bonchev–Trinajstić information content (AvgIpc) is 3.00. The summed E-state index contributed by atoms with van der Waals surface area (Å²) in [7, 11) is 1.86. The van der Waals surface area contributed by atoms with Gasteiger partial charge in [-0.1, -0.05) is 12.1 Å². The molecule has 6 nitrogen and oxygen atoms in total. The molecule has 0 spiro atoms. The Morgan fingerprint density at radius 3 is 2.77 bits per heavy atom. The third-order valence-electron chi connectivity index (χ3n) is 3.21. The highest BCUT2D eigenvalue weighted by Gasteiger charge is 2.10. The summed E-state index contributed by atoms with van der Waals surface area (Å²) in [6.45, 7) is 0.382. The monoisotopic (exact) mass is 293 g/mol. The van der Waals surface area contributed by atoms with Crippen LogP contribution in [0.15, 0.2) is 55.1 Å². The molecule has 1 amide bonds. The molecule has 0 saturated carbocycles. The summed E-state index contributed by atoms with van der Waals surface area (Å²) in [5, 5.41) is 7.02. The lowest BCUT2D eigenvalue weighted by atomic mass is 10.1. The quantitative estimate of drug-likeness (QED) is 0.796. The van der Waals surface area contributed by atoms with Crippen LogP contribution in [0.2, 0.25) is 0 Å². The van der Waals surface area contributed by atoms with Crippen molar-refractivity contribution in [3.63, 3.8) is 0 Å². The van der Waals surface area contributed by atoms with Crippen LogP contribution in [0.1, 0.15) is 16.1 Å². The number of amides is 1. The van der Waals surface area contributed by atoms with Crippen LogP contribution in [0, 0.1) is 0 Å². The predicted octanol–water partition coefficient (Wildman–Crippen LogP) is 1.81. The summed E-state index contributed by atoms with van der Waals surface area (Å²) in [6.07, 6.45) is 6.98. The SMILES string of the molecule is Cn1cc(-c2ncccc2CNC(=O)c2ccccn2)cn1. The van der Waals surface area contributed by atoms with Crippen LogP contribution in [0.4, 0.5) is 0 Å². The van der Waals surface area contributed by atoms with Crippen molar-refractivity contribution < 1.29 is 4.79 Å². The second-order valence-electron chi connectivity index (χ2n) is 4.81. The zero-order valence-corrected chi connectivity index (χ0v) is 12.1. The van der Waals surface area contributed by atoms with Gasteiger partial charge in [-0.25, -0.2) is 0 Å². The van der Waals surface area contributed by atoms with Crippen LogP contribution in [-0.2, 0) is 13.6 Å². The summed E-state index contributed by atoms with van der Waals surface area (Å²) >= 11 is 0. The van der Waals surface area contributed by atoms with Crippen LogP contribution < -0.4 is 5.32 Å². The third kappa shape index (κ3) is 3.01. The van der Waals surface area contributed by atoms with Gasteiger partial charge in [0.05, 0.1) is 11.9 Å². The third-order valence-corrected chi connectivity index (χ3v) is 3.21. The summed E-state index contributed by atoms with van der Waals surface area (Å²) < 4.78 is 1.72. The summed E-state index contributed by atoms with van der Waals surface area (Å²) in [4.78, 5) is 20.5. The first-order valence-electron chi connectivity index (χ1n) is 6.86. The van der Waals surface area contributed by atoms with Gasteiger partial charge >= 0.3 is 0 Å². The van der Waals surface area contributed by atoms with E-state index in [-0.39, 0.29) is 5.91 Å². The molecule has 0 aromatic carbocycles. The van der Waals surface area contributed by atoms with Crippen molar-refractivity contribution in [2.24, 2.45) is 7.05 Å². The van der Waals surface area contributed by atoms with E-state index in [2.05, 4.69) is 20.4 Å². The van der Waals surface area contributed by atoms with Crippen LogP contribution in [0.25, 0.3) is 11.3 Å². The highest BCUT2D eigenvalue weighted by atomic mass is 16.1. The lowest BCUT2D eigenvalue weighted by molar-refractivity contribution is 0.0946. The highest BCUT2D eigenvalue weighted by molar-refractivity contribution is 5.92. The van der Waals surface area contributed by atoms with Gasteiger partial charge in [-0.3, -0.25) is 19.4 Å². The van der Waals surface area contributed by atoms with E-state index in [4.69, 9.17) is 0 Å². The van der Waals surface area contributed by atoms with Gasteiger partial charge in [-0.2, -0.15) is 5.10 Å². The van der Waals surface area contributed by atoms with E-state index < -0.39 is 0 Å². The molecule has 6 heteroatoms. The van der Waals surface area contributed by atoms with E-state index in [9.17, 15) is 4.79 Å². The molecular weight excluding hydrogens is 278 g/mol. The van der Waals surface area contributed by atoms with Crippen LogP contribution in [0.3, 0.4) is 0 Å². The molecule has 0 radical (unpaired) electrons. The second kappa shape index (κ2) is 6.17. The van der Waals surface area contributed by atoms with E-state index >= 15 is 0 Å². The number of pyridine rings is 2. The molecular formula is C16H15N5O. The van der Waals surface area contributed by atoms with Gasteiger partial charge in [0, 0.05) is 37.7 Å². The van der Waals surface area contributed by atoms with Crippen molar-refractivity contribution in [2.75, 3.05) is 0 Å². The molecule has 3 rings (SSSR count). The maximum atomic E-state index is 12.1. The molecule has 3 heterocycles. The van der Waals surface area contributed by atoms with Crippen molar-refractivity contribution >= 4 is 5.91 Å². The number of carbonyl (C=O) groups excluding carboxylic acids is 1. The molecule has 0 unspecified atom stereocenters. The van der Waals surface area contributed by atoms with Gasteiger partial charge in [0.25, 0.3) is 5.91 Å². The molecule has 3 aromatic rings. The number of carbonyl (C=O) groups is 1. The normalized spacial score (nSPS) is 10.4. The first-order valence-corrected chi connectivity index (χ1v) is 6.86. The molecule has 110 valence electrons. The minimum Gasteiger partial charge on any atom is -0.347 e. The van der Waals surface area contributed by atoms with Gasteiger partial charge in [0.1, 0.15) is 5.69 Å². The molecule has 3 aromatic heterocycles. The minimum absolute atomic E-state index is 0.207. The Bertz CT molecular complexity index is 782. The smallest absolute Gasteiger partial charge is 0.270 e. The maximum Gasteiger partial charge on any atom is 0.270 e. The van der Waals surface area contributed by atoms with Gasteiger partial charge in [0.15, 0.2) is 0 Å². The maximum absolute atomic E-state index is 12.1. The number of hydrogen-bond acceptors (Lipinski definition) is 4. The molecule has 0 bridgehead atoms. The van der Waals surface area contributed by atoms with Crippen molar-refractivity contribution in [2.45, 2.75) is 6.54 Å². The first kappa shape index (κ1) is 13.9.